The van der Waals surface area contributed by atoms with Crippen molar-refractivity contribution in [3.05, 3.63) is 34.8 Å². The molecule has 1 aliphatic carbocycles. The number of hydrogen-bond donors (Lipinski definition) is 0. The Morgan fingerprint density at radius 3 is 3.00 bits per heavy atom. The fourth-order valence-electron chi connectivity index (χ4n) is 1.14. The molecular formula is C9H9NS. The first kappa shape index (κ1) is 6.80. The zero-order valence-corrected chi connectivity index (χ0v) is 6.97. The number of rotatable bonds is 1. The summed E-state index contributed by atoms with van der Waals surface area (Å²) in [7, 11) is 0. The fourth-order valence-corrected chi connectivity index (χ4v) is 1.80. The first-order chi connectivity index (χ1) is 5.47. The number of nitrogens with zero attached hydrogens (tertiary/aromatic N) is 1. The Bertz CT molecular complexity index is 283. The molecule has 0 unspecified atom stereocenters. The lowest BCUT2D eigenvalue weighted by atomic mass is 10.1. The molecule has 0 aromatic carbocycles. The second-order valence-corrected chi connectivity index (χ2v) is 3.37. The normalized spacial score (nSPS) is 16.5. The molecule has 2 rings (SSSR count). The molecule has 1 aromatic heterocycles. The van der Waals surface area contributed by atoms with Gasteiger partial charge in [-0.2, -0.15) is 0 Å². The van der Waals surface area contributed by atoms with Gasteiger partial charge >= 0.3 is 0 Å². The molecule has 0 aliphatic heterocycles. The van der Waals surface area contributed by atoms with Crippen molar-refractivity contribution in [1.82, 2.24) is 4.98 Å². The summed E-state index contributed by atoms with van der Waals surface area (Å²) in [5.41, 5.74) is 1.28. The molecule has 1 aliphatic rings. The Morgan fingerprint density at radius 2 is 2.36 bits per heavy atom. The largest absolute Gasteiger partial charge is 0.245 e. The number of thiazole rings is 1. The third kappa shape index (κ3) is 1.40. The van der Waals surface area contributed by atoms with E-state index in [2.05, 4.69) is 23.2 Å². The highest BCUT2D eigenvalue weighted by molar-refractivity contribution is 7.10. The van der Waals surface area contributed by atoms with E-state index >= 15 is 0 Å². The number of allylic oxidation sites excluding steroid dienone is 4. The molecule has 2 heteroatoms. The summed E-state index contributed by atoms with van der Waals surface area (Å²) in [6.07, 6.45) is 10.8. The van der Waals surface area contributed by atoms with Gasteiger partial charge in [0.05, 0.1) is 0 Å². The zero-order valence-electron chi connectivity index (χ0n) is 6.16. The monoisotopic (exact) mass is 163 g/mol. The van der Waals surface area contributed by atoms with Crippen LogP contribution in [0.4, 0.5) is 0 Å². The van der Waals surface area contributed by atoms with E-state index in [0.29, 0.717) is 0 Å². The van der Waals surface area contributed by atoms with Crippen LogP contribution in [0.5, 0.6) is 0 Å². The standard InChI is InChI=1S/C9H9NS/c1-2-4-8(5-3-1)9-10-6-7-11-9/h2,4-7H,1,3H2. The van der Waals surface area contributed by atoms with E-state index < -0.39 is 0 Å². The molecule has 1 heterocycles. The van der Waals surface area contributed by atoms with Crippen LogP contribution in [0.2, 0.25) is 0 Å². The van der Waals surface area contributed by atoms with Crippen LogP contribution in [0.25, 0.3) is 5.57 Å². The van der Waals surface area contributed by atoms with E-state index in [1.807, 2.05) is 11.6 Å². The fraction of sp³-hybridized carbons (Fsp3) is 0.222. The van der Waals surface area contributed by atoms with Gasteiger partial charge in [-0.3, -0.25) is 0 Å². The number of hydrogen-bond acceptors (Lipinski definition) is 2. The Labute approximate surface area is 70.1 Å². The molecule has 0 saturated heterocycles. The SMILES string of the molecule is C1=CC(c2nccs2)=CCC1. The minimum atomic E-state index is 1.14. The third-order valence-corrected chi connectivity index (χ3v) is 2.50. The molecule has 0 spiro atoms. The van der Waals surface area contributed by atoms with Crippen LogP contribution in [0.15, 0.2) is 29.8 Å². The lowest BCUT2D eigenvalue weighted by Crippen LogP contribution is -1.83. The Kier molecular flexibility index (Phi) is 1.86. The highest BCUT2D eigenvalue weighted by Gasteiger charge is 2.01. The maximum absolute atomic E-state index is 4.24. The first-order valence-corrected chi connectivity index (χ1v) is 4.61. The average Bonchev–Trinajstić information content (AvgIpc) is 2.58. The predicted octanol–water partition coefficient (Wildman–Crippen LogP) is 2.88. The molecule has 0 N–H and O–H groups in total. The van der Waals surface area contributed by atoms with Crippen LogP contribution >= 0.6 is 11.3 Å². The van der Waals surface area contributed by atoms with Crippen LogP contribution in [-0.2, 0) is 0 Å². The molecule has 0 saturated carbocycles. The predicted molar refractivity (Wildman–Crippen MR) is 48.5 cm³/mol. The molecule has 11 heavy (non-hydrogen) atoms. The molecule has 0 amide bonds. The van der Waals surface area contributed by atoms with Crippen molar-refractivity contribution in [2.45, 2.75) is 12.8 Å². The highest BCUT2D eigenvalue weighted by Crippen LogP contribution is 2.22. The van der Waals surface area contributed by atoms with Crippen LogP contribution in [0.3, 0.4) is 0 Å². The lowest BCUT2D eigenvalue weighted by molar-refractivity contribution is 1.04. The van der Waals surface area contributed by atoms with E-state index in [1.165, 1.54) is 12.0 Å². The minimum absolute atomic E-state index is 1.14. The van der Waals surface area contributed by atoms with Gasteiger partial charge in [-0.1, -0.05) is 18.2 Å². The van der Waals surface area contributed by atoms with Gasteiger partial charge in [0.1, 0.15) is 5.01 Å². The summed E-state index contributed by atoms with van der Waals surface area (Å²) in [4.78, 5) is 4.24. The van der Waals surface area contributed by atoms with Gasteiger partial charge in [-0.05, 0) is 12.8 Å². The van der Waals surface area contributed by atoms with Crippen molar-refractivity contribution in [2.75, 3.05) is 0 Å². The molecular weight excluding hydrogens is 154 g/mol. The summed E-state index contributed by atoms with van der Waals surface area (Å²) in [6.45, 7) is 0. The molecule has 0 bridgehead atoms. The molecule has 0 atom stereocenters. The molecule has 0 fully saturated rings. The van der Waals surface area contributed by atoms with Gasteiger partial charge in [0.25, 0.3) is 0 Å². The molecule has 1 nitrogen and oxygen atoms in total. The molecule has 56 valence electrons. The smallest absolute Gasteiger partial charge is 0.122 e. The van der Waals surface area contributed by atoms with Gasteiger partial charge in [0.15, 0.2) is 0 Å². The molecule has 0 radical (unpaired) electrons. The van der Waals surface area contributed by atoms with Gasteiger partial charge < -0.3 is 0 Å². The number of aromatic nitrogens is 1. The third-order valence-electron chi connectivity index (χ3n) is 1.67. The average molecular weight is 163 g/mol. The highest BCUT2D eigenvalue weighted by atomic mass is 32.1. The van der Waals surface area contributed by atoms with Crippen molar-refractivity contribution in [2.24, 2.45) is 0 Å². The van der Waals surface area contributed by atoms with Gasteiger partial charge in [0.2, 0.25) is 0 Å². The summed E-state index contributed by atoms with van der Waals surface area (Å²) in [5, 5.41) is 3.15. The maximum Gasteiger partial charge on any atom is 0.122 e. The van der Waals surface area contributed by atoms with E-state index in [-0.39, 0.29) is 0 Å². The summed E-state index contributed by atoms with van der Waals surface area (Å²) >= 11 is 1.70. The van der Waals surface area contributed by atoms with Crippen LogP contribution in [-0.4, -0.2) is 4.98 Å². The van der Waals surface area contributed by atoms with Crippen molar-refractivity contribution >= 4 is 16.9 Å². The van der Waals surface area contributed by atoms with E-state index in [1.54, 1.807) is 11.3 Å². The topological polar surface area (TPSA) is 12.9 Å². The zero-order chi connectivity index (χ0) is 7.52. The van der Waals surface area contributed by atoms with Crippen molar-refractivity contribution < 1.29 is 0 Å². The minimum Gasteiger partial charge on any atom is -0.245 e. The van der Waals surface area contributed by atoms with Crippen LogP contribution in [0.1, 0.15) is 17.8 Å². The van der Waals surface area contributed by atoms with Crippen LogP contribution in [0, 0.1) is 0 Å². The van der Waals surface area contributed by atoms with Gasteiger partial charge in [-0.25, -0.2) is 4.98 Å². The first-order valence-electron chi connectivity index (χ1n) is 3.73. The van der Waals surface area contributed by atoms with E-state index in [0.717, 1.165) is 11.4 Å². The van der Waals surface area contributed by atoms with Gasteiger partial charge in [-0.15, -0.1) is 11.3 Å². The second-order valence-electron chi connectivity index (χ2n) is 2.48. The van der Waals surface area contributed by atoms with E-state index in [4.69, 9.17) is 0 Å². The van der Waals surface area contributed by atoms with Crippen molar-refractivity contribution in [3.8, 4) is 0 Å². The Morgan fingerprint density at radius 1 is 1.36 bits per heavy atom. The summed E-state index contributed by atoms with van der Waals surface area (Å²) in [6, 6.07) is 0. The van der Waals surface area contributed by atoms with E-state index in [9.17, 15) is 0 Å². The maximum atomic E-state index is 4.24. The van der Waals surface area contributed by atoms with Crippen LogP contribution < -0.4 is 0 Å². The second kappa shape index (κ2) is 3.01. The van der Waals surface area contributed by atoms with Crippen molar-refractivity contribution in [1.29, 1.82) is 0 Å². The Balaban J connectivity index is 2.29. The quantitative estimate of drug-likeness (QED) is 0.620. The molecule has 1 aromatic rings. The summed E-state index contributed by atoms with van der Waals surface area (Å²) in [5.74, 6) is 0. The Hall–Kier alpha value is -0.890. The van der Waals surface area contributed by atoms with Gasteiger partial charge in [0, 0.05) is 17.2 Å². The summed E-state index contributed by atoms with van der Waals surface area (Å²) < 4.78 is 0. The van der Waals surface area contributed by atoms with Crippen molar-refractivity contribution in [3.63, 3.8) is 0 Å². The lowest BCUT2D eigenvalue weighted by Gasteiger charge is -2.01.